The molecule has 0 radical (unpaired) electrons. The first-order chi connectivity index (χ1) is 12.3. The van der Waals surface area contributed by atoms with Gasteiger partial charge in [0.15, 0.2) is 0 Å². The standard InChI is InChI=1S/C21H29ClN2O/c1-2-3-4-5-6-7-8-9-10-16-25-19-13-11-12-18(17-19)20-14-15-23-21(22)24-20/h11-15,17H,2-10,16H2,1H3. The Hall–Kier alpha value is -1.61. The van der Waals surface area contributed by atoms with Gasteiger partial charge in [-0.05, 0) is 36.2 Å². The maximum atomic E-state index is 5.88. The number of ether oxygens (including phenoxy) is 1. The molecule has 0 amide bonds. The van der Waals surface area contributed by atoms with Crippen LogP contribution in [0.4, 0.5) is 0 Å². The topological polar surface area (TPSA) is 35.0 Å². The molecule has 0 unspecified atom stereocenters. The van der Waals surface area contributed by atoms with Crippen LogP contribution in [0, 0.1) is 0 Å². The lowest BCUT2D eigenvalue weighted by Crippen LogP contribution is -1.97. The highest BCUT2D eigenvalue weighted by Crippen LogP contribution is 2.23. The summed E-state index contributed by atoms with van der Waals surface area (Å²) < 4.78 is 5.88. The van der Waals surface area contributed by atoms with Gasteiger partial charge < -0.3 is 4.74 Å². The highest BCUT2D eigenvalue weighted by molar-refractivity contribution is 6.28. The monoisotopic (exact) mass is 360 g/mol. The summed E-state index contributed by atoms with van der Waals surface area (Å²) in [5, 5.41) is 0.263. The molecule has 25 heavy (non-hydrogen) atoms. The first-order valence-corrected chi connectivity index (χ1v) is 9.89. The van der Waals surface area contributed by atoms with Gasteiger partial charge in [-0.2, -0.15) is 0 Å². The zero-order valence-corrected chi connectivity index (χ0v) is 16.0. The molecular weight excluding hydrogens is 332 g/mol. The average Bonchev–Trinajstić information content (AvgIpc) is 2.63. The van der Waals surface area contributed by atoms with Crippen molar-refractivity contribution in [1.29, 1.82) is 0 Å². The van der Waals surface area contributed by atoms with Crippen molar-refractivity contribution < 1.29 is 4.74 Å². The molecule has 0 saturated heterocycles. The van der Waals surface area contributed by atoms with E-state index in [1.165, 1.54) is 51.4 Å². The Morgan fingerprint density at radius 1 is 0.920 bits per heavy atom. The molecule has 1 aromatic carbocycles. The Morgan fingerprint density at radius 2 is 1.64 bits per heavy atom. The van der Waals surface area contributed by atoms with Crippen LogP contribution in [-0.4, -0.2) is 16.6 Å². The second kappa shape index (κ2) is 11.9. The van der Waals surface area contributed by atoms with Gasteiger partial charge in [-0.3, -0.25) is 0 Å². The predicted molar refractivity (Wildman–Crippen MR) is 105 cm³/mol. The van der Waals surface area contributed by atoms with Crippen LogP contribution >= 0.6 is 11.6 Å². The molecule has 1 aromatic heterocycles. The molecule has 0 bridgehead atoms. The van der Waals surface area contributed by atoms with E-state index in [0.29, 0.717) is 0 Å². The van der Waals surface area contributed by atoms with Gasteiger partial charge in [0.05, 0.1) is 12.3 Å². The summed E-state index contributed by atoms with van der Waals surface area (Å²) in [5.74, 6) is 0.881. The Labute approximate surface area is 156 Å². The Bertz CT molecular complexity index is 618. The molecular formula is C21H29ClN2O. The molecule has 0 saturated carbocycles. The molecule has 4 heteroatoms. The van der Waals surface area contributed by atoms with Crippen molar-refractivity contribution >= 4 is 11.6 Å². The normalized spacial score (nSPS) is 10.8. The first kappa shape index (κ1) is 19.7. The van der Waals surface area contributed by atoms with Gasteiger partial charge in [0.25, 0.3) is 0 Å². The minimum atomic E-state index is 0.263. The minimum Gasteiger partial charge on any atom is -0.494 e. The number of aromatic nitrogens is 2. The maximum absolute atomic E-state index is 5.88. The van der Waals surface area contributed by atoms with Crippen LogP contribution in [0.1, 0.15) is 64.7 Å². The zero-order chi connectivity index (χ0) is 17.7. The fraction of sp³-hybridized carbons (Fsp3) is 0.524. The Kier molecular flexibility index (Phi) is 9.35. The number of nitrogens with zero attached hydrogens (tertiary/aromatic N) is 2. The molecule has 2 aromatic rings. The van der Waals surface area contributed by atoms with E-state index in [4.69, 9.17) is 16.3 Å². The van der Waals surface area contributed by atoms with Crippen LogP contribution in [0.25, 0.3) is 11.3 Å². The summed E-state index contributed by atoms with van der Waals surface area (Å²) in [4.78, 5) is 8.16. The quantitative estimate of drug-likeness (QED) is 0.311. The maximum Gasteiger partial charge on any atom is 0.222 e. The van der Waals surface area contributed by atoms with E-state index >= 15 is 0 Å². The molecule has 0 aliphatic carbocycles. The lowest BCUT2D eigenvalue weighted by molar-refractivity contribution is 0.304. The summed E-state index contributed by atoms with van der Waals surface area (Å²) in [6.07, 6.45) is 13.6. The van der Waals surface area contributed by atoms with E-state index in [9.17, 15) is 0 Å². The van der Waals surface area contributed by atoms with E-state index in [1.807, 2.05) is 30.3 Å². The van der Waals surface area contributed by atoms with Crippen molar-refractivity contribution in [2.45, 2.75) is 64.7 Å². The fourth-order valence-electron chi connectivity index (χ4n) is 2.84. The van der Waals surface area contributed by atoms with Gasteiger partial charge in [0.2, 0.25) is 5.28 Å². The molecule has 136 valence electrons. The SMILES string of the molecule is CCCCCCCCCCCOc1cccc(-c2ccnc(Cl)n2)c1. The number of hydrogen-bond acceptors (Lipinski definition) is 3. The number of benzene rings is 1. The van der Waals surface area contributed by atoms with Crippen molar-refractivity contribution in [3.63, 3.8) is 0 Å². The van der Waals surface area contributed by atoms with Crippen LogP contribution in [0.3, 0.4) is 0 Å². The van der Waals surface area contributed by atoms with Gasteiger partial charge in [-0.15, -0.1) is 0 Å². The number of unbranched alkanes of at least 4 members (excludes halogenated alkanes) is 8. The van der Waals surface area contributed by atoms with Crippen molar-refractivity contribution in [2.24, 2.45) is 0 Å². The second-order valence-electron chi connectivity index (χ2n) is 6.42. The van der Waals surface area contributed by atoms with Gasteiger partial charge >= 0.3 is 0 Å². The van der Waals surface area contributed by atoms with Crippen LogP contribution in [0.15, 0.2) is 36.5 Å². The fourth-order valence-corrected chi connectivity index (χ4v) is 2.99. The molecule has 3 nitrogen and oxygen atoms in total. The molecule has 0 atom stereocenters. The third kappa shape index (κ3) is 7.87. The predicted octanol–water partition coefficient (Wildman–Crippen LogP) is 6.71. The van der Waals surface area contributed by atoms with Gasteiger partial charge in [0.1, 0.15) is 5.75 Å². The Balaban J connectivity index is 1.64. The van der Waals surface area contributed by atoms with Gasteiger partial charge in [0, 0.05) is 11.8 Å². The second-order valence-corrected chi connectivity index (χ2v) is 6.75. The smallest absolute Gasteiger partial charge is 0.222 e. The van der Waals surface area contributed by atoms with Crippen LogP contribution in [-0.2, 0) is 0 Å². The third-order valence-electron chi connectivity index (χ3n) is 4.27. The van der Waals surface area contributed by atoms with Crippen molar-refractivity contribution in [2.75, 3.05) is 6.61 Å². The highest BCUT2D eigenvalue weighted by atomic mass is 35.5. The largest absolute Gasteiger partial charge is 0.494 e. The van der Waals surface area contributed by atoms with Crippen molar-refractivity contribution in [3.8, 4) is 17.0 Å². The zero-order valence-electron chi connectivity index (χ0n) is 15.2. The van der Waals surface area contributed by atoms with Crippen LogP contribution in [0.2, 0.25) is 5.28 Å². The molecule has 0 N–H and O–H groups in total. The first-order valence-electron chi connectivity index (χ1n) is 9.51. The lowest BCUT2D eigenvalue weighted by Gasteiger charge is -2.08. The summed E-state index contributed by atoms with van der Waals surface area (Å²) in [5.41, 5.74) is 1.81. The third-order valence-corrected chi connectivity index (χ3v) is 4.45. The van der Waals surface area contributed by atoms with E-state index < -0.39 is 0 Å². The number of hydrogen-bond donors (Lipinski definition) is 0. The molecule has 0 fully saturated rings. The van der Waals surface area contributed by atoms with Crippen LogP contribution < -0.4 is 4.74 Å². The van der Waals surface area contributed by atoms with Gasteiger partial charge in [-0.25, -0.2) is 9.97 Å². The summed E-state index contributed by atoms with van der Waals surface area (Å²) in [7, 11) is 0. The molecule has 0 aliphatic rings. The minimum absolute atomic E-state index is 0.263. The average molecular weight is 361 g/mol. The van der Waals surface area contributed by atoms with E-state index in [-0.39, 0.29) is 5.28 Å². The Morgan fingerprint density at radius 3 is 2.36 bits per heavy atom. The van der Waals surface area contributed by atoms with E-state index in [0.717, 1.165) is 30.0 Å². The van der Waals surface area contributed by atoms with Crippen molar-refractivity contribution in [1.82, 2.24) is 9.97 Å². The van der Waals surface area contributed by atoms with E-state index in [1.54, 1.807) is 6.20 Å². The summed E-state index contributed by atoms with van der Waals surface area (Å²) >= 11 is 5.86. The summed E-state index contributed by atoms with van der Waals surface area (Å²) in [6.45, 7) is 3.03. The molecule has 1 heterocycles. The number of halogens is 1. The van der Waals surface area contributed by atoms with Crippen molar-refractivity contribution in [3.05, 3.63) is 41.8 Å². The molecule has 0 aliphatic heterocycles. The number of rotatable bonds is 12. The lowest BCUT2D eigenvalue weighted by atomic mass is 10.1. The van der Waals surface area contributed by atoms with Crippen LogP contribution in [0.5, 0.6) is 5.75 Å². The van der Waals surface area contributed by atoms with Gasteiger partial charge in [-0.1, -0.05) is 70.4 Å². The highest BCUT2D eigenvalue weighted by Gasteiger charge is 2.03. The molecule has 2 rings (SSSR count). The molecule has 0 spiro atoms. The summed E-state index contributed by atoms with van der Waals surface area (Å²) in [6, 6.07) is 9.83. The van der Waals surface area contributed by atoms with E-state index in [2.05, 4.69) is 16.9 Å².